The fourth-order valence-corrected chi connectivity index (χ4v) is 1.90. The highest BCUT2D eigenvalue weighted by Gasteiger charge is 2.10. The summed E-state index contributed by atoms with van der Waals surface area (Å²) in [5.41, 5.74) is 9.38. The van der Waals surface area contributed by atoms with Crippen LogP contribution in [0, 0.1) is 6.92 Å². The summed E-state index contributed by atoms with van der Waals surface area (Å²) in [7, 11) is 0. The van der Waals surface area contributed by atoms with Gasteiger partial charge in [-0.25, -0.2) is 0 Å². The van der Waals surface area contributed by atoms with Crippen molar-refractivity contribution < 1.29 is 4.74 Å². The first-order valence-corrected chi connectivity index (χ1v) is 6.06. The van der Waals surface area contributed by atoms with E-state index in [1.807, 2.05) is 51.1 Å². The van der Waals surface area contributed by atoms with E-state index in [0.29, 0.717) is 5.69 Å². The van der Waals surface area contributed by atoms with Gasteiger partial charge in [-0.2, -0.15) is 0 Å². The molecule has 0 aliphatic carbocycles. The number of rotatable bonds is 3. The first-order chi connectivity index (χ1) is 8.58. The molecule has 3 nitrogen and oxygen atoms in total. The molecule has 0 saturated heterocycles. The smallest absolute Gasteiger partial charge is 0.129 e. The molecule has 0 aliphatic rings. The van der Waals surface area contributed by atoms with E-state index in [0.717, 1.165) is 22.6 Å². The molecule has 0 amide bonds. The van der Waals surface area contributed by atoms with E-state index in [1.54, 1.807) is 6.20 Å². The molecule has 0 bridgehead atoms. The molecule has 1 heterocycles. The molecule has 2 N–H and O–H groups in total. The summed E-state index contributed by atoms with van der Waals surface area (Å²) >= 11 is 0. The number of benzene rings is 1. The third-order valence-corrected chi connectivity index (χ3v) is 2.60. The van der Waals surface area contributed by atoms with Crippen LogP contribution in [0.25, 0.3) is 11.3 Å². The molecular formula is C15H18N2O. The molecule has 0 fully saturated rings. The molecule has 94 valence electrons. The van der Waals surface area contributed by atoms with Crippen molar-refractivity contribution in [1.29, 1.82) is 0 Å². The van der Waals surface area contributed by atoms with Crippen LogP contribution in [0.1, 0.15) is 19.4 Å². The Bertz CT molecular complexity index is 550. The highest BCUT2D eigenvalue weighted by molar-refractivity contribution is 5.70. The minimum absolute atomic E-state index is 0.139. The molecule has 2 rings (SSSR count). The van der Waals surface area contributed by atoms with Gasteiger partial charge >= 0.3 is 0 Å². The summed E-state index contributed by atoms with van der Waals surface area (Å²) in [5.74, 6) is 0.855. The van der Waals surface area contributed by atoms with Gasteiger partial charge in [0.15, 0.2) is 0 Å². The zero-order valence-corrected chi connectivity index (χ0v) is 11.0. The van der Waals surface area contributed by atoms with Crippen LogP contribution in [0.15, 0.2) is 36.5 Å². The van der Waals surface area contributed by atoms with Crippen LogP contribution in [0.4, 0.5) is 5.69 Å². The second-order valence-electron chi connectivity index (χ2n) is 4.60. The zero-order valence-electron chi connectivity index (χ0n) is 11.0. The number of nitrogens with zero attached hydrogens (tertiary/aromatic N) is 1. The van der Waals surface area contributed by atoms with E-state index in [2.05, 4.69) is 4.98 Å². The van der Waals surface area contributed by atoms with Crippen molar-refractivity contribution in [3.63, 3.8) is 0 Å². The second-order valence-corrected chi connectivity index (χ2v) is 4.60. The maximum atomic E-state index is 5.81. The third kappa shape index (κ3) is 2.62. The molecule has 18 heavy (non-hydrogen) atoms. The zero-order chi connectivity index (χ0) is 13.1. The van der Waals surface area contributed by atoms with Crippen LogP contribution in [0.5, 0.6) is 5.75 Å². The van der Waals surface area contributed by atoms with Gasteiger partial charge in [0.25, 0.3) is 0 Å². The standard InChI is InChI=1S/C15H18N2O/c1-10(2)18-14-7-5-4-6-13(14)15-11(3)8-12(16)9-17-15/h4-10H,16H2,1-3H3. The first kappa shape index (κ1) is 12.4. The number of aryl methyl sites for hydroxylation is 1. The van der Waals surface area contributed by atoms with Crippen molar-refractivity contribution in [2.45, 2.75) is 26.9 Å². The minimum atomic E-state index is 0.139. The number of aromatic nitrogens is 1. The molecule has 2 aromatic rings. The highest BCUT2D eigenvalue weighted by Crippen LogP contribution is 2.31. The maximum absolute atomic E-state index is 5.81. The van der Waals surface area contributed by atoms with E-state index in [4.69, 9.17) is 10.5 Å². The topological polar surface area (TPSA) is 48.1 Å². The molecule has 0 radical (unpaired) electrons. The van der Waals surface area contributed by atoms with Crippen molar-refractivity contribution in [3.8, 4) is 17.0 Å². The van der Waals surface area contributed by atoms with Crippen LogP contribution in [-0.4, -0.2) is 11.1 Å². The number of nitrogens with two attached hydrogens (primary N) is 1. The molecule has 0 spiro atoms. The molecular weight excluding hydrogens is 224 g/mol. The van der Waals surface area contributed by atoms with Gasteiger partial charge < -0.3 is 10.5 Å². The molecule has 0 aliphatic heterocycles. The molecule has 1 aromatic heterocycles. The lowest BCUT2D eigenvalue weighted by Gasteiger charge is -2.15. The molecule has 0 saturated carbocycles. The van der Waals surface area contributed by atoms with Crippen LogP contribution in [0.2, 0.25) is 0 Å². The summed E-state index contributed by atoms with van der Waals surface area (Å²) < 4.78 is 5.81. The van der Waals surface area contributed by atoms with Gasteiger partial charge in [-0.3, -0.25) is 4.98 Å². The largest absolute Gasteiger partial charge is 0.490 e. The van der Waals surface area contributed by atoms with E-state index < -0.39 is 0 Å². The second kappa shape index (κ2) is 5.08. The third-order valence-electron chi connectivity index (χ3n) is 2.60. The normalized spacial score (nSPS) is 10.7. The molecule has 1 aromatic carbocycles. The number of hydrogen-bond acceptors (Lipinski definition) is 3. The van der Waals surface area contributed by atoms with Gasteiger partial charge in [-0.1, -0.05) is 12.1 Å². The van der Waals surface area contributed by atoms with Crippen LogP contribution >= 0.6 is 0 Å². The average molecular weight is 242 g/mol. The van der Waals surface area contributed by atoms with E-state index in [9.17, 15) is 0 Å². The summed E-state index contributed by atoms with van der Waals surface area (Å²) in [6.07, 6.45) is 1.81. The van der Waals surface area contributed by atoms with Crippen molar-refractivity contribution >= 4 is 5.69 Å². The number of nitrogen functional groups attached to an aromatic ring is 1. The number of anilines is 1. The maximum Gasteiger partial charge on any atom is 0.129 e. The predicted octanol–water partition coefficient (Wildman–Crippen LogP) is 3.43. The van der Waals surface area contributed by atoms with Crippen molar-refractivity contribution in [2.24, 2.45) is 0 Å². The minimum Gasteiger partial charge on any atom is -0.490 e. The predicted molar refractivity (Wildman–Crippen MR) is 74.6 cm³/mol. The quantitative estimate of drug-likeness (QED) is 0.897. The van der Waals surface area contributed by atoms with Gasteiger partial charge in [0.2, 0.25) is 0 Å². The number of pyridine rings is 1. The Balaban J connectivity index is 2.49. The summed E-state index contributed by atoms with van der Waals surface area (Å²) in [6, 6.07) is 9.86. The number of hydrogen-bond donors (Lipinski definition) is 1. The van der Waals surface area contributed by atoms with Gasteiger partial charge in [-0.15, -0.1) is 0 Å². The Hall–Kier alpha value is -2.03. The van der Waals surface area contributed by atoms with Gasteiger partial charge in [0, 0.05) is 5.56 Å². The SMILES string of the molecule is Cc1cc(N)cnc1-c1ccccc1OC(C)C. The lowest BCUT2D eigenvalue weighted by Crippen LogP contribution is -2.07. The average Bonchev–Trinajstić information content (AvgIpc) is 2.30. The van der Waals surface area contributed by atoms with Crippen LogP contribution < -0.4 is 10.5 Å². The first-order valence-electron chi connectivity index (χ1n) is 6.06. The Morgan fingerprint density at radius 2 is 1.94 bits per heavy atom. The van der Waals surface area contributed by atoms with Gasteiger partial charge in [-0.05, 0) is 44.5 Å². The van der Waals surface area contributed by atoms with Crippen molar-refractivity contribution in [3.05, 3.63) is 42.1 Å². The number of para-hydroxylation sites is 1. The lowest BCUT2D eigenvalue weighted by atomic mass is 10.1. The Morgan fingerprint density at radius 1 is 1.22 bits per heavy atom. The Labute approximate surface area is 108 Å². The van der Waals surface area contributed by atoms with Crippen LogP contribution in [0.3, 0.4) is 0 Å². The highest BCUT2D eigenvalue weighted by atomic mass is 16.5. The fraction of sp³-hybridized carbons (Fsp3) is 0.267. The molecule has 0 unspecified atom stereocenters. The summed E-state index contributed by atoms with van der Waals surface area (Å²) in [5, 5.41) is 0. The molecule has 3 heteroatoms. The van der Waals surface area contributed by atoms with Gasteiger partial charge in [0.1, 0.15) is 5.75 Å². The summed E-state index contributed by atoms with van der Waals surface area (Å²) in [4.78, 5) is 4.41. The Morgan fingerprint density at radius 3 is 2.61 bits per heavy atom. The monoisotopic (exact) mass is 242 g/mol. The Kier molecular flexibility index (Phi) is 3.51. The summed E-state index contributed by atoms with van der Waals surface area (Å²) in [6.45, 7) is 6.03. The fourth-order valence-electron chi connectivity index (χ4n) is 1.90. The van der Waals surface area contributed by atoms with Crippen molar-refractivity contribution in [2.75, 3.05) is 5.73 Å². The van der Waals surface area contributed by atoms with Crippen molar-refractivity contribution in [1.82, 2.24) is 4.98 Å². The van der Waals surface area contributed by atoms with Gasteiger partial charge in [0.05, 0.1) is 23.7 Å². The van der Waals surface area contributed by atoms with Crippen LogP contribution in [-0.2, 0) is 0 Å². The van der Waals surface area contributed by atoms with E-state index >= 15 is 0 Å². The number of ether oxygens (including phenoxy) is 1. The molecule has 0 atom stereocenters. The van der Waals surface area contributed by atoms with E-state index in [1.165, 1.54) is 0 Å². The lowest BCUT2D eigenvalue weighted by molar-refractivity contribution is 0.243. The van der Waals surface area contributed by atoms with E-state index in [-0.39, 0.29) is 6.10 Å².